The number of ether oxygens (including phenoxy) is 2. The van der Waals surface area contributed by atoms with Gasteiger partial charge in [0.1, 0.15) is 17.3 Å². The van der Waals surface area contributed by atoms with Crippen molar-refractivity contribution in [1.82, 2.24) is 0 Å². The molecule has 0 spiro atoms. The first-order chi connectivity index (χ1) is 9.62. The van der Waals surface area contributed by atoms with Crippen LogP contribution in [0.15, 0.2) is 23.4 Å². The monoisotopic (exact) mass is 281 g/mol. The topological polar surface area (TPSA) is 89.1 Å². The second-order valence-corrected chi connectivity index (χ2v) is 4.33. The summed E-state index contributed by atoms with van der Waals surface area (Å²) in [6, 6.07) is 5.62. The summed E-state index contributed by atoms with van der Waals surface area (Å²) in [5, 5.41) is 14.9. The van der Waals surface area contributed by atoms with Crippen molar-refractivity contribution < 1.29 is 14.7 Å². The van der Waals surface area contributed by atoms with Crippen molar-refractivity contribution in [2.45, 2.75) is 20.8 Å². The van der Waals surface area contributed by atoms with Gasteiger partial charge in [-0.1, -0.05) is 12.1 Å². The van der Waals surface area contributed by atoms with E-state index < -0.39 is 0 Å². The van der Waals surface area contributed by atoms with Crippen molar-refractivity contribution in [3.63, 3.8) is 0 Å². The highest BCUT2D eigenvalue weighted by molar-refractivity contribution is 5.82. The molecule has 1 aromatic rings. The number of nitrogens with one attached hydrogen (secondary N) is 1. The van der Waals surface area contributed by atoms with Gasteiger partial charge in [0.2, 0.25) is 0 Å². The number of amidine groups is 1. The van der Waals surface area contributed by atoms with Gasteiger partial charge in [0.15, 0.2) is 0 Å². The molecule has 0 fully saturated rings. The molecule has 0 saturated carbocycles. The molecule has 0 heterocycles. The van der Waals surface area contributed by atoms with E-state index in [0.717, 1.165) is 17.2 Å². The van der Waals surface area contributed by atoms with Gasteiger partial charge in [-0.05, 0) is 26.0 Å². The average Bonchev–Trinajstić information content (AvgIpc) is 2.46. The Balaban J connectivity index is 2.81. The Kier molecular flexibility index (Phi) is 6.49. The van der Waals surface area contributed by atoms with E-state index in [1.165, 1.54) is 0 Å². The number of anilines is 1. The third kappa shape index (κ3) is 4.53. The summed E-state index contributed by atoms with van der Waals surface area (Å²) in [6.07, 6.45) is 0. The van der Waals surface area contributed by atoms with Gasteiger partial charge in [-0.3, -0.25) is 0 Å². The summed E-state index contributed by atoms with van der Waals surface area (Å²) < 4.78 is 11.0. The number of rotatable bonds is 8. The largest absolute Gasteiger partial charge is 0.494 e. The smallest absolute Gasteiger partial charge is 0.143 e. The molecule has 0 aliphatic heterocycles. The Labute approximate surface area is 119 Å². The number of hydrogen-bond acceptors (Lipinski definition) is 5. The first-order valence-corrected chi connectivity index (χ1v) is 6.73. The van der Waals surface area contributed by atoms with Gasteiger partial charge in [0.05, 0.1) is 18.9 Å². The maximum Gasteiger partial charge on any atom is 0.143 e. The molecule has 0 bridgehead atoms. The first kappa shape index (κ1) is 15.9. The van der Waals surface area contributed by atoms with Crippen LogP contribution in [0.3, 0.4) is 0 Å². The number of benzene rings is 1. The predicted octanol–water partition coefficient (Wildman–Crippen LogP) is 2.28. The van der Waals surface area contributed by atoms with Gasteiger partial charge in [-0.25, -0.2) is 0 Å². The molecular weight excluding hydrogens is 258 g/mol. The average molecular weight is 281 g/mol. The standard InChI is InChI=1S/C14H23N3O3/c1-4-19-11-6-7-13(20-5-2)12(8-11)16-9-10(3)14(15)17-18/h6-8,10,16,18H,4-5,9H2,1-3H3,(H2,15,17). The Morgan fingerprint density at radius 2 is 2.05 bits per heavy atom. The fourth-order valence-corrected chi connectivity index (χ4v) is 1.65. The molecule has 0 aromatic heterocycles. The molecule has 6 nitrogen and oxygen atoms in total. The van der Waals surface area contributed by atoms with Crippen LogP contribution in [0.4, 0.5) is 5.69 Å². The summed E-state index contributed by atoms with van der Waals surface area (Å²) in [4.78, 5) is 0. The maximum absolute atomic E-state index is 8.65. The summed E-state index contributed by atoms with van der Waals surface area (Å²) >= 11 is 0. The third-order valence-corrected chi connectivity index (χ3v) is 2.78. The van der Waals surface area contributed by atoms with Crippen molar-refractivity contribution in [3.8, 4) is 11.5 Å². The molecule has 1 aromatic carbocycles. The lowest BCUT2D eigenvalue weighted by molar-refractivity contribution is 0.314. The lowest BCUT2D eigenvalue weighted by atomic mass is 10.1. The van der Waals surface area contributed by atoms with Gasteiger partial charge in [0.25, 0.3) is 0 Å². The summed E-state index contributed by atoms with van der Waals surface area (Å²) in [5.74, 6) is 1.62. The molecule has 0 saturated heterocycles. The Hall–Kier alpha value is -2.11. The number of nitrogens with two attached hydrogens (primary N) is 1. The minimum absolute atomic E-state index is 0.0924. The molecule has 1 atom stereocenters. The summed E-state index contributed by atoms with van der Waals surface area (Å²) in [7, 11) is 0. The fraction of sp³-hybridized carbons (Fsp3) is 0.500. The second-order valence-electron chi connectivity index (χ2n) is 4.33. The van der Waals surface area contributed by atoms with E-state index in [1.54, 1.807) is 0 Å². The predicted molar refractivity (Wildman–Crippen MR) is 79.8 cm³/mol. The highest BCUT2D eigenvalue weighted by Crippen LogP contribution is 2.29. The molecular formula is C14H23N3O3. The van der Waals surface area contributed by atoms with E-state index in [4.69, 9.17) is 20.4 Å². The van der Waals surface area contributed by atoms with Crippen molar-refractivity contribution >= 4 is 11.5 Å². The zero-order valence-corrected chi connectivity index (χ0v) is 12.2. The van der Waals surface area contributed by atoms with E-state index in [-0.39, 0.29) is 11.8 Å². The minimum Gasteiger partial charge on any atom is -0.494 e. The molecule has 0 aliphatic rings. The van der Waals surface area contributed by atoms with Crippen molar-refractivity contribution in [2.24, 2.45) is 16.8 Å². The van der Waals surface area contributed by atoms with Gasteiger partial charge >= 0.3 is 0 Å². The van der Waals surface area contributed by atoms with E-state index in [1.807, 2.05) is 39.0 Å². The lowest BCUT2D eigenvalue weighted by Crippen LogP contribution is -2.27. The fourth-order valence-electron chi connectivity index (χ4n) is 1.65. The van der Waals surface area contributed by atoms with E-state index in [0.29, 0.717) is 19.8 Å². The Morgan fingerprint density at radius 3 is 2.65 bits per heavy atom. The SMILES string of the molecule is CCOc1ccc(OCC)c(NCC(C)C(N)=NO)c1. The van der Waals surface area contributed by atoms with Crippen LogP contribution in [0.25, 0.3) is 0 Å². The van der Waals surface area contributed by atoms with Gasteiger partial charge in [-0.15, -0.1) is 0 Å². The van der Waals surface area contributed by atoms with Crippen LogP contribution in [0.5, 0.6) is 11.5 Å². The van der Waals surface area contributed by atoms with Gasteiger partial charge in [-0.2, -0.15) is 0 Å². The van der Waals surface area contributed by atoms with Crippen LogP contribution < -0.4 is 20.5 Å². The van der Waals surface area contributed by atoms with Crippen LogP contribution in [-0.4, -0.2) is 30.8 Å². The zero-order chi connectivity index (χ0) is 15.0. The molecule has 1 rings (SSSR count). The molecule has 112 valence electrons. The van der Waals surface area contributed by atoms with Crippen LogP contribution >= 0.6 is 0 Å². The number of oxime groups is 1. The van der Waals surface area contributed by atoms with Crippen LogP contribution in [0.1, 0.15) is 20.8 Å². The minimum atomic E-state index is -0.0924. The second kappa shape index (κ2) is 8.14. The van der Waals surface area contributed by atoms with Crippen LogP contribution in [-0.2, 0) is 0 Å². The van der Waals surface area contributed by atoms with Gasteiger partial charge in [0, 0.05) is 18.5 Å². The van der Waals surface area contributed by atoms with Crippen molar-refractivity contribution in [3.05, 3.63) is 18.2 Å². The Bertz CT molecular complexity index is 449. The van der Waals surface area contributed by atoms with Crippen molar-refractivity contribution in [1.29, 1.82) is 0 Å². The molecule has 20 heavy (non-hydrogen) atoms. The van der Waals surface area contributed by atoms with Crippen LogP contribution in [0.2, 0.25) is 0 Å². The number of nitrogens with zero attached hydrogens (tertiary/aromatic N) is 1. The maximum atomic E-state index is 8.65. The molecule has 0 amide bonds. The van der Waals surface area contributed by atoms with Gasteiger partial charge < -0.3 is 25.7 Å². The van der Waals surface area contributed by atoms with E-state index in [2.05, 4.69) is 10.5 Å². The molecule has 0 radical (unpaired) electrons. The zero-order valence-electron chi connectivity index (χ0n) is 12.2. The summed E-state index contributed by atoms with van der Waals surface area (Å²) in [5.41, 5.74) is 6.39. The lowest BCUT2D eigenvalue weighted by Gasteiger charge is -2.16. The molecule has 0 aliphatic carbocycles. The quantitative estimate of drug-likeness (QED) is 0.294. The first-order valence-electron chi connectivity index (χ1n) is 6.73. The van der Waals surface area contributed by atoms with Crippen molar-refractivity contribution in [2.75, 3.05) is 25.1 Å². The normalized spacial score (nSPS) is 12.8. The van der Waals surface area contributed by atoms with Crippen LogP contribution in [0, 0.1) is 5.92 Å². The Morgan fingerprint density at radius 1 is 1.35 bits per heavy atom. The van der Waals surface area contributed by atoms with E-state index in [9.17, 15) is 0 Å². The third-order valence-electron chi connectivity index (χ3n) is 2.78. The molecule has 6 heteroatoms. The highest BCUT2D eigenvalue weighted by atomic mass is 16.5. The summed E-state index contributed by atoms with van der Waals surface area (Å²) in [6.45, 7) is 7.45. The number of hydrogen-bond donors (Lipinski definition) is 3. The molecule has 1 unspecified atom stereocenters. The highest BCUT2D eigenvalue weighted by Gasteiger charge is 2.10. The molecule has 4 N–H and O–H groups in total. The van der Waals surface area contributed by atoms with E-state index >= 15 is 0 Å².